The van der Waals surface area contributed by atoms with Crippen molar-refractivity contribution in [2.75, 3.05) is 0 Å². The number of furan rings is 1. The van der Waals surface area contributed by atoms with Crippen molar-refractivity contribution in [3.8, 4) is 17.4 Å². The molecule has 0 radical (unpaired) electrons. The van der Waals surface area contributed by atoms with Crippen LogP contribution in [0.1, 0.15) is 21.7 Å². The van der Waals surface area contributed by atoms with Crippen molar-refractivity contribution < 1.29 is 18.5 Å². The monoisotopic (exact) mass is 378 g/mol. The number of hydrogen-bond acceptors (Lipinski definition) is 6. The van der Waals surface area contributed by atoms with Gasteiger partial charge in [0.05, 0.1) is 33.9 Å². The van der Waals surface area contributed by atoms with Crippen LogP contribution in [0, 0.1) is 27.3 Å². The van der Waals surface area contributed by atoms with E-state index in [9.17, 15) is 19.3 Å². The summed E-state index contributed by atoms with van der Waals surface area (Å²) < 4.78 is 19.3. The molecule has 0 aliphatic heterocycles. The van der Waals surface area contributed by atoms with Crippen molar-refractivity contribution in [1.82, 2.24) is 5.43 Å². The molecule has 0 saturated carbocycles. The Morgan fingerprint density at radius 1 is 1.25 bits per heavy atom. The number of hydrogen-bond donors (Lipinski definition) is 1. The first-order valence-corrected chi connectivity index (χ1v) is 7.86. The van der Waals surface area contributed by atoms with Crippen LogP contribution in [0.4, 0.5) is 10.1 Å². The zero-order valence-electron chi connectivity index (χ0n) is 14.1. The quantitative estimate of drug-likeness (QED) is 0.413. The fourth-order valence-electron chi connectivity index (χ4n) is 2.39. The first-order valence-electron chi connectivity index (χ1n) is 7.86. The molecule has 1 aromatic heterocycles. The van der Waals surface area contributed by atoms with E-state index in [-0.39, 0.29) is 28.3 Å². The van der Waals surface area contributed by atoms with Crippen LogP contribution >= 0.6 is 0 Å². The molecule has 28 heavy (non-hydrogen) atoms. The van der Waals surface area contributed by atoms with Gasteiger partial charge in [-0.05, 0) is 36.4 Å². The molecule has 1 N–H and O–H groups in total. The molecule has 0 atom stereocenters. The highest BCUT2D eigenvalue weighted by Gasteiger charge is 2.17. The Labute approximate surface area is 157 Å². The number of nitrogens with zero attached hydrogens (tertiary/aromatic N) is 3. The van der Waals surface area contributed by atoms with Crippen LogP contribution in [0.3, 0.4) is 0 Å². The number of halogens is 1. The molecule has 3 rings (SSSR count). The maximum absolute atomic E-state index is 13.8. The molecule has 0 aliphatic rings. The van der Waals surface area contributed by atoms with E-state index in [0.29, 0.717) is 5.56 Å². The summed E-state index contributed by atoms with van der Waals surface area (Å²) in [6.07, 6.45) is 1.18. The summed E-state index contributed by atoms with van der Waals surface area (Å²) in [4.78, 5) is 22.5. The molecule has 3 aromatic rings. The van der Waals surface area contributed by atoms with Crippen molar-refractivity contribution in [3.05, 3.63) is 87.4 Å². The van der Waals surface area contributed by atoms with E-state index in [1.807, 2.05) is 0 Å². The number of amides is 1. The van der Waals surface area contributed by atoms with Gasteiger partial charge >= 0.3 is 0 Å². The second-order valence-corrected chi connectivity index (χ2v) is 5.48. The largest absolute Gasteiger partial charge is 0.455 e. The lowest BCUT2D eigenvalue weighted by Gasteiger charge is -2.01. The van der Waals surface area contributed by atoms with Gasteiger partial charge in [-0.2, -0.15) is 10.4 Å². The van der Waals surface area contributed by atoms with Gasteiger partial charge in [0.15, 0.2) is 0 Å². The highest BCUT2D eigenvalue weighted by atomic mass is 19.1. The predicted molar refractivity (Wildman–Crippen MR) is 97.0 cm³/mol. The highest BCUT2D eigenvalue weighted by Crippen LogP contribution is 2.30. The van der Waals surface area contributed by atoms with Crippen LogP contribution in [0.2, 0.25) is 0 Å². The van der Waals surface area contributed by atoms with E-state index in [4.69, 9.17) is 9.68 Å². The van der Waals surface area contributed by atoms with Gasteiger partial charge in [0.1, 0.15) is 17.3 Å². The highest BCUT2D eigenvalue weighted by molar-refractivity contribution is 5.95. The maximum Gasteiger partial charge on any atom is 0.280 e. The molecule has 2 aromatic carbocycles. The second kappa shape index (κ2) is 7.92. The molecule has 0 aliphatic carbocycles. The lowest BCUT2D eigenvalue weighted by Crippen LogP contribution is -2.19. The summed E-state index contributed by atoms with van der Waals surface area (Å²) in [5.41, 5.74) is 2.16. The van der Waals surface area contributed by atoms with Gasteiger partial charge in [0.2, 0.25) is 0 Å². The lowest BCUT2D eigenvalue weighted by molar-refractivity contribution is -0.384. The number of nitrogens with one attached hydrogen (secondary N) is 1. The molecule has 0 fully saturated rings. The topological polar surface area (TPSA) is 122 Å². The molecular weight excluding hydrogens is 367 g/mol. The third-order valence-corrected chi connectivity index (χ3v) is 3.69. The minimum absolute atomic E-state index is 0.0932. The van der Waals surface area contributed by atoms with Crippen molar-refractivity contribution >= 4 is 17.8 Å². The molecule has 8 nitrogen and oxygen atoms in total. The Hall–Kier alpha value is -4.32. The van der Waals surface area contributed by atoms with Gasteiger partial charge in [-0.15, -0.1) is 0 Å². The SMILES string of the molecule is N#Cc1ccc(C(=O)N/N=C\c2ccc(-c3ccccc3[N+](=O)[O-])o2)c(F)c1. The van der Waals surface area contributed by atoms with Crippen LogP contribution in [-0.2, 0) is 0 Å². The summed E-state index contributed by atoms with van der Waals surface area (Å²) in [7, 11) is 0. The van der Waals surface area contributed by atoms with E-state index in [0.717, 1.165) is 6.07 Å². The van der Waals surface area contributed by atoms with Crippen LogP contribution in [-0.4, -0.2) is 17.0 Å². The molecule has 1 heterocycles. The second-order valence-electron chi connectivity index (χ2n) is 5.48. The standard InChI is InChI=1S/C19H11FN4O4/c20-16-9-12(10-21)5-7-14(16)19(25)23-22-11-13-6-8-18(28-13)15-3-1-2-4-17(15)24(26)27/h1-9,11H,(H,23,25)/b22-11-. The summed E-state index contributed by atoms with van der Waals surface area (Å²) in [5, 5.41) is 23.5. The van der Waals surface area contributed by atoms with Gasteiger partial charge in [-0.25, -0.2) is 9.82 Å². The number of para-hydroxylation sites is 1. The smallest absolute Gasteiger partial charge is 0.280 e. The molecule has 138 valence electrons. The molecule has 9 heteroatoms. The van der Waals surface area contributed by atoms with Gasteiger partial charge in [-0.1, -0.05) is 12.1 Å². The van der Waals surface area contributed by atoms with Crippen LogP contribution in [0.5, 0.6) is 0 Å². The van der Waals surface area contributed by atoms with Crippen molar-refractivity contribution in [3.63, 3.8) is 0 Å². The Morgan fingerprint density at radius 3 is 2.75 bits per heavy atom. The molecule has 0 unspecified atom stereocenters. The van der Waals surface area contributed by atoms with E-state index in [2.05, 4.69) is 10.5 Å². The summed E-state index contributed by atoms with van der Waals surface area (Å²) in [6, 6.07) is 14.4. The average molecular weight is 378 g/mol. The minimum Gasteiger partial charge on any atom is -0.455 e. The van der Waals surface area contributed by atoms with Crippen LogP contribution in [0.25, 0.3) is 11.3 Å². The summed E-state index contributed by atoms with van der Waals surface area (Å²) >= 11 is 0. The third kappa shape index (κ3) is 3.91. The number of rotatable bonds is 5. The molecule has 1 amide bonds. The number of nitro groups is 1. The maximum atomic E-state index is 13.8. The number of carbonyl (C=O) groups is 1. The third-order valence-electron chi connectivity index (χ3n) is 3.69. The van der Waals surface area contributed by atoms with E-state index < -0.39 is 16.6 Å². The van der Waals surface area contributed by atoms with Crippen molar-refractivity contribution in [1.29, 1.82) is 5.26 Å². The summed E-state index contributed by atoms with van der Waals surface area (Å²) in [5.74, 6) is -1.15. The fraction of sp³-hybridized carbons (Fsp3) is 0. The molecule has 0 bridgehead atoms. The van der Waals surface area contributed by atoms with E-state index in [1.54, 1.807) is 24.3 Å². The van der Waals surface area contributed by atoms with Crippen LogP contribution in [0.15, 0.2) is 64.1 Å². The number of hydrazone groups is 1. The Kier molecular flexibility index (Phi) is 5.23. The van der Waals surface area contributed by atoms with E-state index >= 15 is 0 Å². The van der Waals surface area contributed by atoms with Gasteiger partial charge in [0, 0.05) is 6.07 Å². The van der Waals surface area contributed by atoms with Crippen molar-refractivity contribution in [2.45, 2.75) is 0 Å². The number of nitro benzene ring substituents is 1. The van der Waals surface area contributed by atoms with Gasteiger partial charge in [-0.3, -0.25) is 14.9 Å². The van der Waals surface area contributed by atoms with E-state index in [1.165, 1.54) is 36.5 Å². The van der Waals surface area contributed by atoms with Crippen molar-refractivity contribution in [2.24, 2.45) is 5.10 Å². The predicted octanol–water partition coefficient (Wildman–Crippen LogP) is 3.63. The normalized spacial score (nSPS) is 10.6. The zero-order valence-corrected chi connectivity index (χ0v) is 14.1. The van der Waals surface area contributed by atoms with Gasteiger partial charge < -0.3 is 4.42 Å². The molecule has 0 saturated heterocycles. The molecular formula is C19H11FN4O4. The van der Waals surface area contributed by atoms with Crippen LogP contribution < -0.4 is 5.43 Å². The lowest BCUT2D eigenvalue weighted by atomic mass is 10.1. The fourth-order valence-corrected chi connectivity index (χ4v) is 2.39. The number of nitriles is 1. The number of benzene rings is 2. The average Bonchev–Trinajstić information content (AvgIpc) is 3.16. The Bertz CT molecular complexity index is 1130. The summed E-state index contributed by atoms with van der Waals surface area (Å²) in [6.45, 7) is 0. The number of carbonyl (C=O) groups excluding carboxylic acids is 1. The van der Waals surface area contributed by atoms with Gasteiger partial charge in [0.25, 0.3) is 11.6 Å². The Balaban J connectivity index is 1.72. The molecule has 0 spiro atoms. The zero-order chi connectivity index (χ0) is 20.1. The minimum atomic E-state index is -0.844. The first-order chi connectivity index (χ1) is 13.5. The Morgan fingerprint density at radius 2 is 2.04 bits per heavy atom. The first kappa shape index (κ1) is 18.5.